The molecule has 3 N–H and O–H groups in total. The summed E-state index contributed by atoms with van der Waals surface area (Å²) < 4.78 is 0. The number of H-pyrrole nitrogens is 1. The van der Waals surface area contributed by atoms with Crippen LogP contribution in [0.2, 0.25) is 0 Å². The molecule has 0 bridgehead atoms. The summed E-state index contributed by atoms with van der Waals surface area (Å²) in [5.41, 5.74) is 11.1. The number of aromatic amines is 1. The van der Waals surface area contributed by atoms with E-state index in [4.69, 9.17) is 10.7 Å². The Morgan fingerprint density at radius 1 is 0.885 bits per heavy atom. The van der Waals surface area contributed by atoms with Crippen LogP contribution in [0.25, 0.3) is 22.2 Å². The molecule has 4 aromatic rings. The van der Waals surface area contributed by atoms with E-state index in [0.717, 1.165) is 40.8 Å². The molecule has 0 radical (unpaired) electrons. The first-order valence-electron chi connectivity index (χ1n) is 8.88. The van der Waals surface area contributed by atoms with Crippen LogP contribution in [-0.4, -0.2) is 19.9 Å². The van der Waals surface area contributed by atoms with Crippen molar-refractivity contribution in [3.63, 3.8) is 0 Å². The molecular weight excluding hydrogens is 322 g/mol. The van der Waals surface area contributed by atoms with Crippen LogP contribution in [0, 0.1) is 0 Å². The second kappa shape index (κ2) is 5.66. The van der Waals surface area contributed by atoms with E-state index in [1.54, 1.807) is 12.4 Å². The lowest BCUT2D eigenvalue weighted by atomic mass is 9.64. The van der Waals surface area contributed by atoms with Gasteiger partial charge in [0, 0.05) is 18.0 Å². The Morgan fingerprint density at radius 2 is 1.62 bits per heavy atom. The highest BCUT2D eigenvalue weighted by atomic mass is 15.0. The number of hydrogen-bond acceptors (Lipinski definition) is 4. The minimum Gasteiger partial charge on any atom is -0.368 e. The van der Waals surface area contributed by atoms with E-state index in [1.807, 2.05) is 12.1 Å². The fourth-order valence-electron chi connectivity index (χ4n) is 3.84. The summed E-state index contributed by atoms with van der Waals surface area (Å²) in [7, 11) is 0. The van der Waals surface area contributed by atoms with Gasteiger partial charge in [0.1, 0.15) is 5.82 Å². The van der Waals surface area contributed by atoms with Crippen molar-refractivity contribution < 1.29 is 0 Å². The van der Waals surface area contributed by atoms with Crippen molar-refractivity contribution >= 4 is 17.0 Å². The lowest BCUT2D eigenvalue weighted by Crippen LogP contribution is -2.36. The number of nitrogens with one attached hydrogen (secondary N) is 1. The van der Waals surface area contributed by atoms with Gasteiger partial charge in [0.25, 0.3) is 0 Å². The van der Waals surface area contributed by atoms with Crippen LogP contribution in [0.5, 0.6) is 0 Å². The monoisotopic (exact) mass is 341 g/mol. The van der Waals surface area contributed by atoms with Gasteiger partial charge < -0.3 is 10.7 Å². The lowest BCUT2D eigenvalue weighted by Gasteiger charge is -2.40. The van der Waals surface area contributed by atoms with Crippen LogP contribution in [-0.2, 0) is 5.41 Å². The molecule has 5 heteroatoms. The normalized spacial score (nSPS) is 15.7. The molecule has 0 amide bonds. The van der Waals surface area contributed by atoms with E-state index in [0.29, 0.717) is 5.95 Å². The Kier molecular flexibility index (Phi) is 3.28. The number of anilines is 1. The van der Waals surface area contributed by atoms with Gasteiger partial charge in [0.05, 0.1) is 16.4 Å². The minimum atomic E-state index is -0.00480. The molecule has 1 fully saturated rings. The van der Waals surface area contributed by atoms with Gasteiger partial charge in [-0.1, -0.05) is 42.8 Å². The van der Waals surface area contributed by atoms with Gasteiger partial charge in [0.15, 0.2) is 0 Å². The van der Waals surface area contributed by atoms with E-state index in [2.05, 4.69) is 51.4 Å². The molecule has 0 spiro atoms. The maximum Gasteiger partial charge on any atom is 0.219 e. The third kappa shape index (κ3) is 2.28. The Morgan fingerprint density at radius 3 is 2.27 bits per heavy atom. The van der Waals surface area contributed by atoms with E-state index in [-0.39, 0.29) is 5.41 Å². The molecule has 0 atom stereocenters. The number of hydrogen-bond donors (Lipinski definition) is 2. The summed E-state index contributed by atoms with van der Waals surface area (Å²) >= 11 is 0. The quantitative estimate of drug-likeness (QED) is 0.588. The number of imidazole rings is 1. The number of para-hydroxylation sites is 2. The topological polar surface area (TPSA) is 80.5 Å². The van der Waals surface area contributed by atoms with Crippen molar-refractivity contribution in [1.82, 2.24) is 19.9 Å². The van der Waals surface area contributed by atoms with E-state index < -0.39 is 0 Å². The Labute approximate surface area is 151 Å². The van der Waals surface area contributed by atoms with Gasteiger partial charge in [-0.3, -0.25) is 0 Å². The zero-order valence-corrected chi connectivity index (χ0v) is 14.3. The highest BCUT2D eigenvalue weighted by Crippen LogP contribution is 2.48. The molecule has 2 heterocycles. The second-order valence-electron chi connectivity index (χ2n) is 6.95. The Hall–Kier alpha value is -3.21. The van der Waals surface area contributed by atoms with Crippen LogP contribution < -0.4 is 5.73 Å². The number of nitrogen functional groups attached to an aromatic ring is 1. The predicted octanol–water partition coefficient (Wildman–Crippen LogP) is 4.07. The molecule has 5 rings (SSSR count). The third-order valence-corrected chi connectivity index (χ3v) is 5.49. The highest BCUT2D eigenvalue weighted by molar-refractivity contribution is 5.75. The first kappa shape index (κ1) is 15.1. The van der Waals surface area contributed by atoms with Crippen molar-refractivity contribution in [2.75, 3.05) is 5.73 Å². The highest BCUT2D eigenvalue weighted by Gasteiger charge is 2.42. The summed E-state index contributed by atoms with van der Waals surface area (Å²) in [5.74, 6) is 1.37. The molecule has 2 aromatic heterocycles. The summed E-state index contributed by atoms with van der Waals surface area (Å²) in [6.07, 6.45) is 6.99. The summed E-state index contributed by atoms with van der Waals surface area (Å²) in [5, 5.41) is 0. The maximum absolute atomic E-state index is 5.58. The average molecular weight is 341 g/mol. The summed E-state index contributed by atoms with van der Waals surface area (Å²) in [6.45, 7) is 0. The zero-order valence-electron chi connectivity index (χ0n) is 14.3. The molecular formula is C21H19N5. The second-order valence-corrected chi connectivity index (χ2v) is 6.95. The molecule has 5 nitrogen and oxygen atoms in total. The number of fused-ring (bicyclic) bond motifs is 1. The van der Waals surface area contributed by atoms with Crippen molar-refractivity contribution in [3.8, 4) is 11.1 Å². The smallest absolute Gasteiger partial charge is 0.219 e. The van der Waals surface area contributed by atoms with Gasteiger partial charge in [-0.15, -0.1) is 0 Å². The van der Waals surface area contributed by atoms with E-state index >= 15 is 0 Å². The molecule has 1 saturated carbocycles. The van der Waals surface area contributed by atoms with Gasteiger partial charge in [-0.05, 0) is 36.1 Å². The van der Waals surface area contributed by atoms with Crippen LogP contribution >= 0.6 is 0 Å². The van der Waals surface area contributed by atoms with Gasteiger partial charge in [-0.2, -0.15) is 0 Å². The SMILES string of the molecule is Nc1ncc(-c2ccc(C3(c4nc5ccccc5[nH]4)CCC3)cc2)cn1. The Balaban J connectivity index is 1.53. The predicted molar refractivity (Wildman–Crippen MR) is 103 cm³/mol. The number of aromatic nitrogens is 4. The molecule has 128 valence electrons. The van der Waals surface area contributed by atoms with Crippen molar-refractivity contribution in [1.29, 1.82) is 0 Å². The summed E-state index contributed by atoms with van der Waals surface area (Å²) in [6, 6.07) is 16.9. The van der Waals surface area contributed by atoms with E-state index in [1.165, 1.54) is 12.0 Å². The molecule has 0 unspecified atom stereocenters. The summed E-state index contributed by atoms with van der Waals surface area (Å²) in [4.78, 5) is 16.6. The average Bonchev–Trinajstić information content (AvgIpc) is 3.06. The molecule has 26 heavy (non-hydrogen) atoms. The van der Waals surface area contributed by atoms with Crippen LogP contribution in [0.1, 0.15) is 30.7 Å². The van der Waals surface area contributed by atoms with Gasteiger partial charge >= 0.3 is 0 Å². The lowest BCUT2D eigenvalue weighted by molar-refractivity contribution is 0.288. The number of benzene rings is 2. The van der Waals surface area contributed by atoms with Crippen molar-refractivity contribution in [3.05, 3.63) is 72.3 Å². The van der Waals surface area contributed by atoms with Crippen molar-refractivity contribution in [2.45, 2.75) is 24.7 Å². The molecule has 1 aliphatic carbocycles. The standard InChI is InChI=1S/C21H19N5/c22-20-23-12-15(13-24-20)14-6-8-16(9-7-14)21(10-3-11-21)19-25-17-4-1-2-5-18(17)26-19/h1-2,4-9,12-13H,3,10-11H2,(H,25,26)(H2,22,23,24). The maximum atomic E-state index is 5.58. The van der Waals surface area contributed by atoms with E-state index in [9.17, 15) is 0 Å². The minimum absolute atomic E-state index is 0.00480. The fourth-order valence-corrected chi connectivity index (χ4v) is 3.84. The molecule has 2 aromatic carbocycles. The number of nitrogens with two attached hydrogens (primary N) is 1. The van der Waals surface area contributed by atoms with Crippen LogP contribution in [0.3, 0.4) is 0 Å². The number of rotatable bonds is 3. The zero-order chi connectivity index (χ0) is 17.6. The largest absolute Gasteiger partial charge is 0.368 e. The van der Waals surface area contributed by atoms with Crippen LogP contribution in [0.4, 0.5) is 5.95 Å². The fraction of sp³-hybridized carbons (Fsp3) is 0.190. The van der Waals surface area contributed by atoms with Gasteiger partial charge in [-0.25, -0.2) is 15.0 Å². The first-order chi connectivity index (χ1) is 12.7. The Bertz CT molecular complexity index is 1030. The molecule has 1 aliphatic rings. The number of nitrogens with zero attached hydrogens (tertiary/aromatic N) is 3. The van der Waals surface area contributed by atoms with Gasteiger partial charge in [0.2, 0.25) is 5.95 Å². The van der Waals surface area contributed by atoms with Crippen LogP contribution in [0.15, 0.2) is 60.9 Å². The third-order valence-electron chi connectivity index (χ3n) is 5.49. The molecule has 0 aliphatic heterocycles. The molecule has 0 saturated heterocycles. The van der Waals surface area contributed by atoms with Crippen molar-refractivity contribution in [2.24, 2.45) is 0 Å². The first-order valence-corrected chi connectivity index (χ1v) is 8.88.